The van der Waals surface area contributed by atoms with Crippen LogP contribution in [0.25, 0.3) is 0 Å². The van der Waals surface area contributed by atoms with Crippen LogP contribution in [0.1, 0.15) is 47.6 Å². The molecule has 6 heteroatoms. The minimum atomic E-state index is -0.368. The lowest BCUT2D eigenvalue weighted by Crippen LogP contribution is -2.51. The van der Waals surface area contributed by atoms with E-state index < -0.39 is 0 Å². The average Bonchev–Trinajstić information content (AvgIpc) is 2.89. The second kappa shape index (κ2) is 11.2. The molecule has 2 N–H and O–H groups in total. The number of rotatable bonds is 6. The Labute approximate surface area is 206 Å². The number of urea groups is 1. The highest BCUT2D eigenvalue weighted by Gasteiger charge is 2.35. The Morgan fingerprint density at radius 3 is 2.37 bits per heavy atom. The van der Waals surface area contributed by atoms with Gasteiger partial charge in [0.2, 0.25) is 5.91 Å². The molecule has 0 bridgehead atoms. The highest BCUT2D eigenvalue weighted by molar-refractivity contribution is 5.81. The van der Waals surface area contributed by atoms with Gasteiger partial charge in [-0.25, -0.2) is 9.18 Å². The van der Waals surface area contributed by atoms with E-state index >= 15 is 0 Å². The quantitative estimate of drug-likeness (QED) is 0.509. The molecule has 3 aromatic rings. The first-order valence-electron chi connectivity index (χ1n) is 12.1. The molecule has 0 spiro atoms. The summed E-state index contributed by atoms with van der Waals surface area (Å²) in [6.45, 7) is 4.92. The van der Waals surface area contributed by atoms with Gasteiger partial charge in [0.15, 0.2) is 0 Å². The zero-order valence-corrected chi connectivity index (χ0v) is 20.2. The summed E-state index contributed by atoms with van der Waals surface area (Å²) < 4.78 is 13.9. The molecule has 3 atom stereocenters. The molecule has 1 saturated heterocycles. The van der Waals surface area contributed by atoms with Gasteiger partial charge in [-0.05, 0) is 48.6 Å². The fourth-order valence-corrected chi connectivity index (χ4v) is 4.66. The van der Waals surface area contributed by atoms with Gasteiger partial charge in [0.05, 0.1) is 12.0 Å². The minimum absolute atomic E-state index is 0.0618. The van der Waals surface area contributed by atoms with Crippen LogP contribution in [0.2, 0.25) is 0 Å². The largest absolute Gasteiger partial charge is 0.349 e. The molecule has 3 amide bonds. The number of amides is 3. The number of nitrogens with one attached hydrogen (secondary N) is 2. The average molecular weight is 474 g/mol. The Balaban J connectivity index is 1.50. The van der Waals surface area contributed by atoms with E-state index in [1.165, 1.54) is 6.07 Å². The second-order valence-electron chi connectivity index (χ2n) is 9.33. The number of halogens is 1. The van der Waals surface area contributed by atoms with Gasteiger partial charge in [-0.15, -0.1) is 0 Å². The monoisotopic (exact) mass is 473 g/mol. The molecule has 4 rings (SSSR count). The molecule has 0 radical (unpaired) electrons. The van der Waals surface area contributed by atoms with Crippen molar-refractivity contribution in [3.63, 3.8) is 0 Å². The summed E-state index contributed by atoms with van der Waals surface area (Å²) in [6.07, 6.45) is 0.598. The first-order valence-corrected chi connectivity index (χ1v) is 12.1. The van der Waals surface area contributed by atoms with Crippen LogP contribution in [0.5, 0.6) is 0 Å². The fourth-order valence-electron chi connectivity index (χ4n) is 4.66. The van der Waals surface area contributed by atoms with Crippen molar-refractivity contribution in [3.8, 4) is 0 Å². The van der Waals surface area contributed by atoms with E-state index in [0.29, 0.717) is 31.6 Å². The summed E-state index contributed by atoms with van der Waals surface area (Å²) in [5, 5.41) is 6.10. The molecule has 1 aliphatic rings. The third-order valence-electron chi connectivity index (χ3n) is 6.71. The molecule has 182 valence electrons. The van der Waals surface area contributed by atoms with Crippen molar-refractivity contribution < 1.29 is 14.0 Å². The topological polar surface area (TPSA) is 61.4 Å². The van der Waals surface area contributed by atoms with Crippen molar-refractivity contribution in [1.82, 2.24) is 15.5 Å². The van der Waals surface area contributed by atoms with Crippen LogP contribution < -0.4 is 10.6 Å². The Bertz CT molecular complexity index is 1150. The Hall–Kier alpha value is -3.67. The van der Waals surface area contributed by atoms with Crippen LogP contribution in [-0.4, -0.2) is 29.9 Å². The third kappa shape index (κ3) is 6.27. The first kappa shape index (κ1) is 24.5. The summed E-state index contributed by atoms with van der Waals surface area (Å²) in [4.78, 5) is 28.1. The van der Waals surface area contributed by atoms with Crippen LogP contribution in [-0.2, 0) is 11.3 Å². The molecule has 1 aliphatic heterocycles. The summed E-state index contributed by atoms with van der Waals surface area (Å²) in [6, 6.07) is 24.2. The van der Waals surface area contributed by atoms with E-state index in [4.69, 9.17) is 0 Å². The Morgan fingerprint density at radius 2 is 1.69 bits per heavy atom. The molecule has 3 aromatic carbocycles. The minimum Gasteiger partial charge on any atom is -0.349 e. The number of benzene rings is 3. The zero-order chi connectivity index (χ0) is 24.8. The number of aryl methyl sites for hydroxylation is 1. The van der Waals surface area contributed by atoms with E-state index in [1.54, 1.807) is 17.9 Å². The number of hydrogen-bond acceptors (Lipinski definition) is 2. The van der Waals surface area contributed by atoms with Crippen molar-refractivity contribution in [1.29, 1.82) is 0 Å². The van der Waals surface area contributed by atoms with Crippen LogP contribution in [0, 0.1) is 18.7 Å². The van der Waals surface area contributed by atoms with E-state index in [-0.39, 0.29) is 35.6 Å². The van der Waals surface area contributed by atoms with Gasteiger partial charge >= 0.3 is 6.03 Å². The number of likely N-dealkylation sites (tertiary alicyclic amines) is 1. The van der Waals surface area contributed by atoms with Crippen LogP contribution >= 0.6 is 0 Å². The number of nitrogens with zero attached hydrogens (tertiary/aromatic N) is 1. The molecule has 0 saturated carbocycles. The lowest BCUT2D eigenvalue weighted by Gasteiger charge is -2.38. The standard InChI is InChI=1S/C29H32FN3O2/c1-20-15-24(13-14-27(20)30)25-16-26(28(34)32-21(2)23-11-7-4-8-12-23)19-33(18-25)29(35)31-17-22-9-5-3-6-10-22/h3-15,21,25-26H,16-19H2,1-2H3,(H,31,35)(H,32,34)/t21-,25-,26-/m1/s1. The van der Waals surface area contributed by atoms with Crippen molar-refractivity contribution >= 4 is 11.9 Å². The Kier molecular flexibility index (Phi) is 7.80. The zero-order valence-electron chi connectivity index (χ0n) is 20.2. The van der Waals surface area contributed by atoms with Crippen molar-refractivity contribution in [3.05, 3.63) is 107 Å². The molecule has 0 aliphatic carbocycles. The molecule has 5 nitrogen and oxygen atoms in total. The van der Waals surface area contributed by atoms with Crippen molar-refractivity contribution in [2.24, 2.45) is 5.92 Å². The summed E-state index contributed by atoms with van der Waals surface area (Å²) in [5.74, 6) is -0.764. The summed E-state index contributed by atoms with van der Waals surface area (Å²) >= 11 is 0. The fraction of sp³-hybridized carbons (Fsp3) is 0.310. The first-order chi connectivity index (χ1) is 16.9. The number of piperidine rings is 1. The van der Waals surface area contributed by atoms with Crippen LogP contribution in [0.3, 0.4) is 0 Å². The van der Waals surface area contributed by atoms with Crippen molar-refractivity contribution in [2.75, 3.05) is 13.1 Å². The number of hydrogen-bond donors (Lipinski definition) is 2. The maximum Gasteiger partial charge on any atom is 0.317 e. The molecule has 1 fully saturated rings. The third-order valence-corrected chi connectivity index (χ3v) is 6.71. The number of carbonyl (C=O) groups excluding carboxylic acids is 2. The smallest absolute Gasteiger partial charge is 0.317 e. The number of carbonyl (C=O) groups is 2. The highest BCUT2D eigenvalue weighted by atomic mass is 19.1. The highest BCUT2D eigenvalue weighted by Crippen LogP contribution is 2.32. The second-order valence-corrected chi connectivity index (χ2v) is 9.33. The van der Waals surface area contributed by atoms with Gasteiger partial charge in [-0.2, -0.15) is 0 Å². The molecule has 1 heterocycles. The van der Waals surface area contributed by atoms with E-state index in [2.05, 4.69) is 10.6 Å². The Morgan fingerprint density at radius 1 is 1.00 bits per heavy atom. The molecule has 0 unspecified atom stereocenters. The lowest BCUT2D eigenvalue weighted by molar-refractivity contribution is -0.127. The van der Waals surface area contributed by atoms with Gasteiger partial charge in [0.1, 0.15) is 5.82 Å². The molecular weight excluding hydrogens is 441 g/mol. The van der Waals surface area contributed by atoms with Crippen molar-refractivity contribution in [2.45, 2.75) is 38.8 Å². The molecular formula is C29H32FN3O2. The lowest BCUT2D eigenvalue weighted by atomic mass is 9.83. The maximum atomic E-state index is 13.9. The van der Waals surface area contributed by atoms with Crippen LogP contribution in [0.15, 0.2) is 78.9 Å². The van der Waals surface area contributed by atoms with Gasteiger partial charge in [0.25, 0.3) is 0 Å². The van der Waals surface area contributed by atoms with E-state index in [9.17, 15) is 14.0 Å². The predicted octanol–water partition coefficient (Wildman–Crippen LogP) is 5.33. The normalized spacial score (nSPS) is 18.5. The maximum absolute atomic E-state index is 13.9. The van der Waals surface area contributed by atoms with E-state index in [0.717, 1.165) is 16.7 Å². The van der Waals surface area contributed by atoms with E-state index in [1.807, 2.05) is 73.7 Å². The SMILES string of the molecule is Cc1cc([C@@H]2C[C@@H](C(=O)N[C@H](C)c3ccccc3)CN(C(=O)NCc3ccccc3)C2)ccc1F. The summed E-state index contributed by atoms with van der Waals surface area (Å²) in [5.41, 5.74) is 3.54. The van der Waals surface area contributed by atoms with Gasteiger partial charge in [0, 0.05) is 25.6 Å². The molecule has 35 heavy (non-hydrogen) atoms. The van der Waals surface area contributed by atoms with Crippen LogP contribution in [0.4, 0.5) is 9.18 Å². The molecule has 0 aromatic heterocycles. The predicted molar refractivity (Wildman–Crippen MR) is 135 cm³/mol. The van der Waals surface area contributed by atoms with Gasteiger partial charge in [-0.1, -0.05) is 72.8 Å². The summed E-state index contributed by atoms with van der Waals surface area (Å²) in [7, 11) is 0. The van der Waals surface area contributed by atoms with Gasteiger partial charge in [-0.3, -0.25) is 4.79 Å². The van der Waals surface area contributed by atoms with Gasteiger partial charge < -0.3 is 15.5 Å².